The molecule has 0 radical (unpaired) electrons. The Labute approximate surface area is 178 Å². The lowest BCUT2D eigenvalue weighted by Crippen LogP contribution is -2.16. The first-order valence-electron chi connectivity index (χ1n) is 10.2. The summed E-state index contributed by atoms with van der Waals surface area (Å²) in [6.45, 7) is 2.11. The zero-order valence-corrected chi connectivity index (χ0v) is 17.5. The highest BCUT2D eigenvalue weighted by Crippen LogP contribution is 2.40. The number of ether oxygens (including phenoxy) is 1. The number of hydrogen-bond acceptors (Lipinski definition) is 4. The van der Waals surface area contributed by atoms with Crippen molar-refractivity contribution in [3.05, 3.63) is 76.2 Å². The van der Waals surface area contributed by atoms with Crippen LogP contribution < -0.4 is 5.32 Å². The molecule has 1 N–H and O–H groups in total. The topological polar surface area (TPSA) is 55.4 Å². The summed E-state index contributed by atoms with van der Waals surface area (Å²) in [7, 11) is 0. The molecule has 1 aromatic heterocycles. The average Bonchev–Trinajstić information content (AvgIpc) is 3.32. The van der Waals surface area contributed by atoms with Gasteiger partial charge in [-0.1, -0.05) is 48.5 Å². The molecule has 0 bridgehead atoms. The van der Waals surface area contributed by atoms with Gasteiger partial charge in [-0.3, -0.25) is 4.79 Å². The largest absolute Gasteiger partial charge is 0.462 e. The number of hydrogen-bond donors (Lipinski definition) is 1. The molecule has 30 heavy (non-hydrogen) atoms. The second-order valence-corrected chi connectivity index (χ2v) is 8.54. The van der Waals surface area contributed by atoms with Crippen molar-refractivity contribution in [2.45, 2.75) is 26.2 Å². The number of rotatable bonds is 4. The van der Waals surface area contributed by atoms with E-state index in [4.69, 9.17) is 4.74 Å². The van der Waals surface area contributed by atoms with E-state index in [1.165, 1.54) is 16.2 Å². The zero-order chi connectivity index (χ0) is 20.7. The molecular weight excluding hydrogens is 394 g/mol. The highest BCUT2D eigenvalue weighted by molar-refractivity contribution is 7.17. The van der Waals surface area contributed by atoms with E-state index < -0.39 is 0 Å². The van der Waals surface area contributed by atoms with Crippen LogP contribution >= 0.6 is 11.3 Å². The van der Waals surface area contributed by atoms with Crippen molar-refractivity contribution in [1.29, 1.82) is 0 Å². The molecule has 0 unspecified atom stereocenters. The van der Waals surface area contributed by atoms with Crippen LogP contribution in [0.2, 0.25) is 0 Å². The van der Waals surface area contributed by atoms with Crippen LogP contribution in [0.15, 0.2) is 54.6 Å². The van der Waals surface area contributed by atoms with E-state index in [1.807, 2.05) is 48.5 Å². The minimum atomic E-state index is -0.352. The quantitative estimate of drug-likeness (QED) is 0.330. The summed E-state index contributed by atoms with van der Waals surface area (Å²) < 4.78 is 5.30. The highest BCUT2D eigenvalue weighted by atomic mass is 32.1. The van der Waals surface area contributed by atoms with Crippen molar-refractivity contribution in [1.82, 2.24) is 0 Å². The molecule has 1 amide bonds. The Morgan fingerprint density at radius 2 is 1.63 bits per heavy atom. The second kappa shape index (κ2) is 7.58. The monoisotopic (exact) mass is 415 g/mol. The predicted molar refractivity (Wildman–Crippen MR) is 122 cm³/mol. The summed E-state index contributed by atoms with van der Waals surface area (Å²) in [5.74, 6) is -0.552. The number of aryl methyl sites for hydroxylation is 1. The number of carbonyl (C=O) groups is 2. The number of thiophene rings is 1. The molecule has 1 aliphatic carbocycles. The number of amides is 1. The third kappa shape index (κ3) is 3.06. The van der Waals surface area contributed by atoms with E-state index in [1.54, 1.807) is 6.92 Å². The Bertz CT molecular complexity index is 1250. The van der Waals surface area contributed by atoms with Gasteiger partial charge in [0.15, 0.2) is 0 Å². The normalized spacial score (nSPS) is 12.8. The van der Waals surface area contributed by atoms with E-state index >= 15 is 0 Å². The Morgan fingerprint density at radius 1 is 0.967 bits per heavy atom. The fourth-order valence-electron chi connectivity index (χ4n) is 4.34. The SMILES string of the molecule is CCOC(=O)c1c(NC(=O)c2c3ccccc3cc3ccccc23)sc2c1CCC2. The Morgan fingerprint density at radius 3 is 2.30 bits per heavy atom. The molecule has 5 heteroatoms. The Hall–Kier alpha value is -3.18. The first-order valence-corrected chi connectivity index (χ1v) is 11.0. The summed E-state index contributed by atoms with van der Waals surface area (Å²) in [5.41, 5.74) is 2.20. The van der Waals surface area contributed by atoms with Crippen molar-refractivity contribution in [3.8, 4) is 0 Å². The fraction of sp³-hybridized carbons (Fsp3) is 0.200. The molecule has 5 rings (SSSR count). The number of nitrogens with one attached hydrogen (secondary N) is 1. The van der Waals surface area contributed by atoms with E-state index in [-0.39, 0.29) is 11.9 Å². The number of carbonyl (C=O) groups excluding carboxylic acids is 2. The standard InChI is InChI=1S/C25H21NO3S/c1-2-29-25(28)22-19-12-7-13-20(19)30-24(22)26-23(27)21-17-10-5-3-8-15(17)14-16-9-4-6-11-18(16)21/h3-6,8-11,14H,2,7,12-13H2,1H3,(H,26,27). The third-order valence-corrected chi connectivity index (χ3v) is 6.83. The van der Waals surface area contributed by atoms with Crippen molar-refractivity contribution >= 4 is 49.8 Å². The van der Waals surface area contributed by atoms with Gasteiger partial charge in [-0.25, -0.2) is 4.79 Å². The summed E-state index contributed by atoms with van der Waals surface area (Å²) >= 11 is 1.50. The second-order valence-electron chi connectivity index (χ2n) is 7.43. The molecule has 3 aromatic carbocycles. The molecule has 0 saturated heterocycles. The summed E-state index contributed by atoms with van der Waals surface area (Å²) in [5, 5.41) is 7.48. The van der Waals surface area contributed by atoms with Gasteiger partial charge in [0.2, 0.25) is 0 Å². The third-order valence-electron chi connectivity index (χ3n) is 5.63. The van der Waals surface area contributed by atoms with Gasteiger partial charge in [0.05, 0.1) is 17.7 Å². The number of anilines is 1. The fourth-order valence-corrected chi connectivity index (χ4v) is 5.61. The van der Waals surface area contributed by atoms with E-state index in [9.17, 15) is 9.59 Å². The Balaban J connectivity index is 1.63. The van der Waals surface area contributed by atoms with Crippen LogP contribution in [0.4, 0.5) is 5.00 Å². The van der Waals surface area contributed by atoms with Crippen molar-refractivity contribution in [3.63, 3.8) is 0 Å². The molecule has 4 aromatic rings. The summed E-state index contributed by atoms with van der Waals surface area (Å²) in [6, 6.07) is 17.9. The first kappa shape index (κ1) is 18.8. The van der Waals surface area contributed by atoms with Crippen LogP contribution in [0.3, 0.4) is 0 Å². The maximum Gasteiger partial charge on any atom is 0.341 e. The van der Waals surface area contributed by atoms with Crippen LogP contribution in [-0.2, 0) is 17.6 Å². The molecule has 0 aliphatic heterocycles. The van der Waals surface area contributed by atoms with Crippen LogP contribution in [0.25, 0.3) is 21.5 Å². The van der Waals surface area contributed by atoms with Gasteiger partial charge in [0, 0.05) is 4.88 Å². The molecule has 1 aliphatic rings. The smallest absolute Gasteiger partial charge is 0.341 e. The van der Waals surface area contributed by atoms with Gasteiger partial charge < -0.3 is 10.1 Å². The molecule has 150 valence electrons. The number of fused-ring (bicyclic) bond motifs is 3. The first-order chi connectivity index (χ1) is 14.7. The zero-order valence-electron chi connectivity index (χ0n) is 16.7. The van der Waals surface area contributed by atoms with Crippen LogP contribution in [-0.4, -0.2) is 18.5 Å². The maximum absolute atomic E-state index is 13.5. The van der Waals surface area contributed by atoms with Gasteiger partial charge in [-0.15, -0.1) is 11.3 Å². The minimum absolute atomic E-state index is 0.200. The lowest BCUT2D eigenvalue weighted by atomic mass is 9.96. The van der Waals surface area contributed by atoms with Gasteiger partial charge in [0.25, 0.3) is 5.91 Å². The van der Waals surface area contributed by atoms with Crippen LogP contribution in [0, 0.1) is 0 Å². The van der Waals surface area contributed by atoms with Gasteiger partial charge >= 0.3 is 5.97 Å². The van der Waals surface area contributed by atoms with Gasteiger partial charge in [-0.2, -0.15) is 0 Å². The maximum atomic E-state index is 13.5. The summed E-state index contributed by atoms with van der Waals surface area (Å²) in [6.07, 6.45) is 2.84. The van der Waals surface area contributed by atoms with E-state index in [0.29, 0.717) is 22.7 Å². The number of benzene rings is 3. The van der Waals surface area contributed by atoms with Gasteiger partial charge in [0.1, 0.15) is 5.00 Å². The molecule has 4 nitrogen and oxygen atoms in total. The predicted octanol–water partition coefficient (Wildman–Crippen LogP) is 5.97. The summed E-state index contributed by atoms with van der Waals surface area (Å²) in [4.78, 5) is 27.4. The lowest BCUT2D eigenvalue weighted by molar-refractivity contribution is 0.0527. The highest BCUT2D eigenvalue weighted by Gasteiger charge is 2.29. The van der Waals surface area contributed by atoms with Crippen molar-refractivity contribution in [2.24, 2.45) is 0 Å². The minimum Gasteiger partial charge on any atom is -0.462 e. The lowest BCUT2D eigenvalue weighted by Gasteiger charge is -2.12. The van der Waals surface area contributed by atoms with E-state index in [2.05, 4.69) is 11.4 Å². The molecule has 0 saturated carbocycles. The molecular formula is C25H21NO3S. The molecule has 0 spiro atoms. The van der Waals surface area contributed by atoms with Crippen molar-refractivity contribution < 1.29 is 14.3 Å². The number of esters is 1. The van der Waals surface area contributed by atoms with E-state index in [0.717, 1.165) is 46.4 Å². The van der Waals surface area contributed by atoms with Gasteiger partial charge in [-0.05, 0) is 59.4 Å². The average molecular weight is 416 g/mol. The molecule has 1 heterocycles. The van der Waals surface area contributed by atoms with Crippen LogP contribution in [0.5, 0.6) is 0 Å². The Kier molecular flexibility index (Phi) is 4.75. The van der Waals surface area contributed by atoms with Crippen molar-refractivity contribution in [2.75, 3.05) is 11.9 Å². The van der Waals surface area contributed by atoms with Crippen LogP contribution in [0.1, 0.15) is 44.5 Å². The molecule has 0 fully saturated rings. The molecule has 0 atom stereocenters.